The van der Waals surface area contributed by atoms with Gasteiger partial charge in [-0.2, -0.15) is 5.10 Å². The quantitative estimate of drug-likeness (QED) is 0.463. The number of nitrogens with one attached hydrogen (secondary N) is 3. The van der Waals surface area contributed by atoms with Gasteiger partial charge in [-0.15, -0.1) is 0 Å². The first-order chi connectivity index (χ1) is 14.7. The third-order valence-electron chi connectivity index (χ3n) is 4.54. The van der Waals surface area contributed by atoms with Crippen molar-refractivity contribution in [3.63, 3.8) is 0 Å². The van der Waals surface area contributed by atoms with Crippen LogP contribution in [0.4, 0.5) is 10.5 Å². The summed E-state index contributed by atoms with van der Waals surface area (Å²) in [6, 6.07) is 18.5. The second-order valence-electron chi connectivity index (χ2n) is 6.71. The second kappa shape index (κ2) is 8.87. The van der Waals surface area contributed by atoms with Crippen LogP contribution in [-0.2, 0) is 13.1 Å². The van der Waals surface area contributed by atoms with E-state index in [1.807, 2.05) is 48.5 Å². The van der Waals surface area contributed by atoms with Crippen molar-refractivity contribution in [2.45, 2.75) is 13.1 Å². The highest BCUT2D eigenvalue weighted by atomic mass is 16.2. The molecule has 0 fully saturated rings. The molecule has 0 bridgehead atoms. The number of H-pyrrole nitrogens is 1. The lowest BCUT2D eigenvalue weighted by Gasteiger charge is -2.10. The summed E-state index contributed by atoms with van der Waals surface area (Å²) in [7, 11) is 0. The van der Waals surface area contributed by atoms with E-state index in [4.69, 9.17) is 0 Å². The van der Waals surface area contributed by atoms with E-state index in [2.05, 4.69) is 25.8 Å². The minimum atomic E-state index is -0.313. The molecule has 150 valence electrons. The standard InChI is InChI=1S/C22H20N6O2/c29-21(24-14-16-5-7-18(8-6-16)20-9-11-25-27-20)26-19-4-1-3-17(13-19)15-28-12-2-10-23-22(28)30/h1-13H,14-15H2,(H,25,27)(H2,24,26,29). The molecule has 2 amide bonds. The van der Waals surface area contributed by atoms with Crippen LogP contribution in [0.3, 0.4) is 0 Å². The topological polar surface area (TPSA) is 105 Å². The Balaban J connectivity index is 1.33. The minimum absolute atomic E-state index is 0.302. The smallest absolute Gasteiger partial charge is 0.334 e. The molecule has 3 N–H and O–H groups in total. The van der Waals surface area contributed by atoms with Crippen molar-refractivity contribution >= 4 is 11.7 Å². The van der Waals surface area contributed by atoms with Gasteiger partial charge in [0.25, 0.3) is 0 Å². The van der Waals surface area contributed by atoms with Gasteiger partial charge in [-0.05, 0) is 41.0 Å². The Kier molecular flexibility index (Phi) is 5.66. The highest BCUT2D eigenvalue weighted by Crippen LogP contribution is 2.16. The van der Waals surface area contributed by atoms with Crippen molar-refractivity contribution in [3.05, 3.63) is 101 Å². The highest BCUT2D eigenvalue weighted by molar-refractivity contribution is 5.89. The van der Waals surface area contributed by atoms with Crippen molar-refractivity contribution in [3.8, 4) is 11.3 Å². The molecule has 0 spiro atoms. The van der Waals surface area contributed by atoms with E-state index in [9.17, 15) is 9.59 Å². The molecule has 0 aliphatic carbocycles. The number of anilines is 1. The van der Waals surface area contributed by atoms with Crippen molar-refractivity contribution in [1.82, 2.24) is 25.1 Å². The van der Waals surface area contributed by atoms with Crippen LogP contribution in [0.2, 0.25) is 0 Å². The first kappa shape index (κ1) is 19.1. The molecule has 0 aliphatic heterocycles. The molecule has 8 heteroatoms. The molecule has 0 atom stereocenters. The van der Waals surface area contributed by atoms with Gasteiger partial charge in [0, 0.05) is 30.8 Å². The lowest BCUT2D eigenvalue weighted by Crippen LogP contribution is -2.28. The number of rotatable bonds is 6. The maximum absolute atomic E-state index is 12.3. The van der Waals surface area contributed by atoms with E-state index in [0.717, 1.165) is 22.4 Å². The number of nitrogens with zero attached hydrogens (tertiary/aromatic N) is 3. The van der Waals surface area contributed by atoms with Gasteiger partial charge in [0.15, 0.2) is 0 Å². The Bertz CT molecular complexity index is 1180. The van der Waals surface area contributed by atoms with Crippen LogP contribution in [0.1, 0.15) is 11.1 Å². The van der Waals surface area contributed by atoms with Crippen molar-refractivity contribution in [2.75, 3.05) is 5.32 Å². The Morgan fingerprint density at radius 3 is 2.63 bits per heavy atom. The number of urea groups is 1. The van der Waals surface area contributed by atoms with Gasteiger partial charge in [-0.25, -0.2) is 14.6 Å². The van der Waals surface area contributed by atoms with Crippen LogP contribution in [0.5, 0.6) is 0 Å². The van der Waals surface area contributed by atoms with Gasteiger partial charge in [0.1, 0.15) is 0 Å². The molecular weight excluding hydrogens is 380 g/mol. The Labute approximate surface area is 172 Å². The second-order valence-corrected chi connectivity index (χ2v) is 6.71. The van der Waals surface area contributed by atoms with E-state index < -0.39 is 0 Å². The number of carbonyl (C=O) groups is 1. The van der Waals surface area contributed by atoms with Crippen molar-refractivity contribution in [2.24, 2.45) is 0 Å². The Hall–Kier alpha value is -4.20. The number of amides is 2. The zero-order valence-electron chi connectivity index (χ0n) is 16.1. The SMILES string of the molecule is O=C(NCc1ccc(-c2ccn[nH]2)cc1)Nc1cccc(Cn2cccnc2=O)c1. The molecule has 4 rings (SSSR count). The third kappa shape index (κ3) is 4.79. The van der Waals surface area contributed by atoms with E-state index >= 15 is 0 Å². The fraction of sp³-hybridized carbons (Fsp3) is 0.0909. The van der Waals surface area contributed by atoms with Gasteiger partial charge in [-0.3, -0.25) is 9.67 Å². The molecule has 0 radical (unpaired) electrons. The number of hydrogen-bond acceptors (Lipinski definition) is 4. The van der Waals surface area contributed by atoms with Crippen LogP contribution in [0, 0.1) is 0 Å². The maximum Gasteiger partial charge on any atom is 0.347 e. The van der Waals surface area contributed by atoms with Crippen molar-refractivity contribution in [1.29, 1.82) is 0 Å². The largest absolute Gasteiger partial charge is 0.347 e. The molecule has 2 aromatic heterocycles. The number of carbonyl (C=O) groups excluding carboxylic acids is 1. The molecule has 0 aliphatic rings. The number of hydrogen-bond donors (Lipinski definition) is 3. The molecule has 30 heavy (non-hydrogen) atoms. The van der Waals surface area contributed by atoms with E-state index in [1.165, 1.54) is 10.8 Å². The molecular formula is C22H20N6O2. The fourth-order valence-electron chi connectivity index (χ4n) is 3.03. The van der Waals surface area contributed by atoms with Crippen molar-refractivity contribution < 1.29 is 4.79 Å². The van der Waals surface area contributed by atoms with Gasteiger partial charge in [0.2, 0.25) is 0 Å². The summed E-state index contributed by atoms with van der Waals surface area (Å²) in [6.07, 6.45) is 4.85. The minimum Gasteiger partial charge on any atom is -0.334 e. The Morgan fingerprint density at radius 2 is 1.87 bits per heavy atom. The summed E-state index contributed by atoms with van der Waals surface area (Å²) >= 11 is 0. The molecule has 0 saturated carbocycles. The highest BCUT2D eigenvalue weighted by Gasteiger charge is 2.05. The first-order valence-electron chi connectivity index (χ1n) is 9.41. The molecule has 4 aromatic rings. The van der Waals surface area contributed by atoms with Crippen LogP contribution in [0.15, 0.2) is 84.0 Å². The van der Waals surface area contributed by atoms with E-state index in [1.54, 1.807) is 24.5 Å². The number of aromatic nitrogens is 4. The van der Waals surface area contributed by atoms with Gasteiger partial charge in [-0.1, -0.05) is 36.4 Å². The summed E-state index contributed by atoms with van der Waals surface area (Å²) in [5, 5.41) is 12.5. The summed E-state index contributed by atoms with van der Waals surface area (Å²) < 4.78 is 1.51. The Morgan fingerprint density at radius 1 is 1.00 bits per heavy atom. The normalized spacial score (nSPS) is 10.5. The summed E-state index contributed by atoms with van der Waals surface area (Å²) in [4.78, 5) is 27.8. The van der Waals surface area contributed by atoms with Crippen LogP contribution >= 0.6 is 0 Å². The van der Waals surface area contributed by atoms with Gasteiger partial charge in [0.05, 0.1) is 12.2 Å². The summed E-state index contributed by atoms with van der Waals surface area (Å²) in [5.74, 6) is 0. The van der Waals surface area contributed by atoms with Gasteiger partial charge < -0.3 is 10.6 Å². The van der Waals surface area contributed by atoms with Crippen LogP contribution in [0.25, 0.3) is 11.3 Å². The lowest BCUT2D eigenvalue weighted by atomic mass is 10.1. The number of aromatic amines is 1. The lowest BCUT2D eigenvalue weighted by molar-refractivity contribution is 0.251. The first-order valence-corrected chi connectivity index (χ1v) is 9.41. The zero-order valence-corrected chi connectivity index (χ0v) is 16.1. The predicted octanol–water partition coefficient (Wildman–Crippen LogP) is 3.00. The van der Waals surface area contributed by atoms with E-state index in [0.29, 0.717) is 18.8 Å². The molecule has 2 aromatic carbocycles. The molecule has 0 unspecified atom stereocenters. The fourth-order valence-corrected chi connectivity index (χ4v) is 3.03. The summed E-state index contributed by atoms with van der Waals surface area (Å²) in [6.45, 7) is 0.784. The number of benzene rings is 2. The molecule has 2 heterocycles. The predicted molar refractivity (Wildman–Crippen MR) is 114 cm³/mol. The average Bonchev–Trinajstić information content (AvgIpc) is 3.30. The molecule has 8 nitrogen and oxygen atoms in total. The monoisotopic (exact) mass is 400 g/mol. The van der Waals surface area contributed by atoms with Gasteiger partial charge >= 0.3 is 11.7 Å². The maximum atomic E-state index is 12.3. The van der Waals surface area contributed by atoms with Crippen LogP contribution in [-0.4, -0.2) is 25.8 Å². The average molecular weight is 400 g/mol. The van der Waals surface area contributed by atoms with E-state index in [-0.39, 0.29) is 11.7 Å². The summed E-state index contributed by atoms with van der Waals surface area (Å²) in [5.41, 5.74) is 4.19. The zero-order chi connectivity index (χ0) is 20.8. The third-order valence-corrected chi connectivity index (χ3v) is 4.54. The van der Waals surface area contributed by atoms with Crippen LogP contribution < -0.4 is 16.3 Å². The molecule has 0 saturated heterocycles.